The van der Waals surface area contributed by atoms with E-state index < -0.39 is 0 Å². The van der Waals surface area contributed by atoms with Crippen LogP contribution >= 0.6 is 24.0 Å². The number of halogens is 1. The van der Waals surface area contributed by atoms with Gasteiger partial charge in [-0.2, -0.15) is 0 Å². The van der Waals surface area contributed by atoms with Crippen LogP contribution in [0.3, 0.4) is 0 Å². The molecule has 3 N–H and O–H groups in total. The lowest BCUT2D eigenvalue weighted by Crippen LogP contribution is -2.41. The summed E-state index contributed by atoms with van der Waals surface area (Å²) in [6.07, 6.45) is 2.57. The number of amides is 1. The molecule has 2 unspecified atom stereocenters. The van der Waals surface area contributed by atoms with Crippen LogP contribution in [0, 0.1) is 5.92 Å². The first-order valence-electron chi connectivity index (χ1n) is 8.79. The van der Waals surface area contributed by atoms with Crippen molar-refractivity contribution in [2.75, 3.05) is 26.7 Å². The largest absolute Gasteiger partial charge is 0.378 e. The Morgan fingerprint density at radius 3 is 2.25 bits per heavy atom. The number of rotatable bonds is 11. The quantitative estimate of drug-likeness (QED) is 0.254. The number of carbonyl (C=O) groups excluding carboxylic acids is 1. The summed E-state index contributed by atoms with van der Waals surface area (Å²) in [4.78, 5) is 15.9. The Morgan fingerprint density at radius 2 is 1.75 bits per heavy atom. The number of guanidine groups is 1. The molecule has 0 aliphatic carbocycles. The van der Waals surface area contributed by atoms with E-state index in [4.69, 9.17) is 4.74 Å². The van der Waals surface area contributed by atoms with E-state index in [1.165, 1.54) is 0 Å². The van der Waals surface area contributed by atoms with Crippen LogP contribution in [0.25, 0.3) is 0 Å². The van der Waals surface area contributed by atoms with E-state index in [1.54, 1.807) is 7.05 Å². The summed E-state index contributed by atoms with van der Waals surface area (Å²) in [5, 5.41) is 9.38. The third-order valence-corrected chi connectivity index (χ3v) is 3.73. The Morgan fingerprint density at radius 1 is 1.12 bits per heavy atom. The molecule has 0 aliphatic rings. The van der Waals surface area contributed by atoms with Gasteiger partial charge in [0.05, 0.1) is 6.10 Å². The van der Waals surface area contributed by atoms with E-state index in [9.17, 15) is 4.79 Å². The second kappa shape index (κ2) is 15.9. The normalized spacial score (nSPS) is 13.9. The highest BCUT2D eigenvalue weighted by Crippen LogP contribution is 2.09. The zero-order valence-electron chi connectivity index (χ0n) is 16.1. The molecule has 0 aliphatic heterocycles. The highest BCUT2D eigenvalue weighted by atomic mass is 127. The monoisotopic (exact) mass is 456 g/mol. The van der Waals surface area contributed by atoms with Crippen molar-refractivity contribution in [2.24, 2.45) is 10.9 Å². The van der Waals surface area contributed by atoms with Gasteiger partial charge in [0.2, 0.25) is 5.91 Å². The van der Waals surface area contributed by atoms with E-state index in [0.29, 0.717) is 18.9 Å². The molecule has 7 heteroatoms. The predicted molar refractivity (Wildman–Crippen MR) is 112 cm³/mol. The minimum Gasteiger partial charge on any atom is -0.378 e. The molecule has 0 aromatic heterocycles. The van der Waals surface area contributed by atoms with Gasteiger partial charge in [0.1, 0.15) is 0 Å². The van der Waals surface area contributed by atoms with Crippen LogP contribution in [0.5, 0.6) is 0 Å². The highest BCUT2D eigenvalue weighted by Gasteiger charge is 2.13. The molecule has 0 heterocycles. The zero-order valence-corrected chi connectivity index (χ0v) is 18.5. The fraction of sp³-hybridized carbons (Fsp3) is 0.882. The van der Waals surface area contributed by atoms with Gasteiger partial charge in [-0.25, -0.2) is 0 Å². The van der Waals surface area contributed by atoms with Gasteiger partial charge in [0.15, 0.2) is 5.96 Å². The summed E-state index contributed by atoms with van der Waals surface area (Å²) in [5.41, 5.74) is 0. The molecule has 2 atom stereocenters. The summed E-state index contributed by atoms with van der Waals surface area (Å²) < 4.78 is 5.73. The fourth-order valence-corrected chi connectivity index (χ4v) is 2.12. The van der Waals surface area contributed by atoms with Crippen molar-refractivity contribution in [3.8, 4) is 0 Å². The molecule has 0 fully saturated rings. The number of hydrogen-bond donors (Lipinski definition) is 3. The summed E-state index contributed by atoms with van der Waals surface area (Å²) in [6, 6.07) is 0.228. The van der Waals surface area contributed by atoms with Crippen LogP contribution in [0.15, 0.2) is 4.99 Å². The van der Waals surface area contributed by atoms with E-state index in [1.807, 2.05) is 13.8 Å². The van der Waals surface area contributed by atoms with Gasteiger partial charge in [-0.15, -0.1) is 24.0 Å². The first-order chi connectivity index (χ1) is 10.9. The standard InChI is InChI=1S/C17H36N4O2.HI/c1-7-14(5)21-16(22)10-12-20-17(18-6)19-11-9-15(13(3)4)23-8-2;/h13-15H,7-12H2,1-6H3,(H,21,22)(H2,18,19,20);1H. The number of hydrogen-bond acceptors (Lipinski definition) is 3. The third-order valence-electron chi connectivity index (χ3n) is 3.73. The van der Waals surface area contributed by atoms with Crippen LogP contribution in [-0.4, -0.2) is 50.8 Å². The average Bonchev–Trinajstić information content (AvgIpc) is 2.51. The minimum absolute atomic E-state index is 0. The van der Waals surface area contributed by atoms with Gasteiger partial charge in [-0.05, 0) is 32.6 Å². The molecule has 0 rings (SSSR count). The number of nitrogens with one attached hydrogen (secondary N) is 3. The van der Waals surface area contributed by atoms with Crippen molar-refractivity contribution in [2.45, 2.75) is 66.0 Å². The maximum absolute atomic E-state index is 11.7. The molecule has 0 bridgehead atoms. The Balaban J connectivity index is 0. The molecule has 1 amide bonds. The second-order valence-corrected chi connectivity index (χ2v) is 6.08. The van der Waals surface area contributed by atoms with E-state index in [-0.39, 0.29) is 42.0 Å². The highest BCUT2D eigenvalue weighted by molar-refractivity contribution is 14.0. The fourth-order valence-electron chi connectivity index (χ4n) is 2.12. The van der Waals surface area contributed by atoms with E-state index in [2.05, 4.69) is 41.7 Å². The van der Waals surface area contributed by atoms with Gasteiger partial charge >= 0.3 is 0 Å². The van der Waals surface area contributed by atoms with E-state index >= 15 is 0 Å². The van der Waals surface area contributed by atoms with Crippen molar-refractivity contribution < 1.29 is 9.53 Å². The van der Waals surface area contributed by atoms with Crippen molar-refractivity contribution in [1.82, 2.24) is 16.0 Å². The van der Waals surface area contributed by atoms with Gasteiger partial charge in [0.25, 0.3) is 0 Å². The van der Waals surface area contributed by atoms with Crippen molar-refractivity contribution in [1.29, 1.82) is 0 Å². The molecule has 0 aromatic rings. The summed E-state index contributed by atoms with van der Waals surface area (Å²) in [6.45, 7) is 12.5. The van der Waals surface area contributed by atoms with Gasteiger partial charge in [0, 0.05) is 39.2 Å². The Kier molecular flexibility index (Phi) is 17.0. The Bertz CT molecular complexity index is 351. The van der Waals surface area contributed by atoms with Gasteiger partial charge in [-0.1, -0.05) is 20.8 Å². The molecule has 0 saturated heterocycles. The average molecular weight is 456 g/mol. The maximum atomic E-state index is 11.7. The Labute approximate surface area is 165 Å². The van der Waals surface area contributed by atoms with Crippen LogP contribution in [0.2, 0.25) is 0 Å². The molecule has 24 heavy (non-hydrogen) atoms. The lowest BCUT2D eigenvalue weighted by molar-refractivity contribution is -0.121. The number of nitrogens with zero attached hydrogens (tertiary/aromatic N) is 1. The lowest BCUT2D eigenvalue weighted by Gasteiger charge is -2.21. The van der Waals surface area contributed by atoms with Crippen LogP contribution in [-0.2, 0) is 9.53 Å². The van der Waals surface area contributed by atoms with Crippen molar-refractivity contribution in [3.05, 3.63) is 0 Å². The first-order valence-corrected chi connectivity index (χ1v) is 8.79. The van der Waals surface area contributed by atoms with Crippen LogP contribution < -0.4 is 16.0 Å². The van der Waals surface area contributed by atoms with Crippen molar-refractivity contribution >= 4 is 35.8 Å². The molecular weight excluding hydrogens is 419 g/mol. The molecule has 0 aromatic carbocycles. The summed E-state index contributed by atoms with van der Waals surface area (Å²) >= 11 is 0. The molecule has 0 radical (unpaired) electrons. The van der Waals surface area contributed by atoms with Gasteiger partial charge < -0.3 is 20.7 Å². The molecule has 6 nitrogen and oxygen atoms in total. The van der Waals surface area contributed by atoms with Crippen LogP contribution in [0.4, 0.5) is 0 Å². The summed E-state index contributed by atoms with van der Waals surface area (Å²) in [7, 11) is 1.73. The molecule has 0 saturated carbocycles. The number of carbonyl (C=O) groups is 1. The topological polar surface area (TPSA) is 74.8 Å². The molecule has 144 valence electrons. The molecular formula is C17H37IN4O2. The van der Waals surface area contributed by atoms with Crippen LogP contribution in [0.1, 0.15) is 53.9 Å². The number of ether oxygens (including phenoxy) is 1. The molecule has 0 spiro atoms. The second-order valence-electron chi connectivity index (χ2n) is 6.08. The third kappa shape index (κ3) is 12.8. The predicted octanol–water partition coefficient (Wildman–Crippen LogP) is 2.53. The smallest absolute Gasteiger partial charge is 0.221 e. The SMILES string of the molecule is CCOC(CCNC(=NC)NCCC(=O)NC(C)CC)C(C)C.I. The van der Waals surface area contributed by atoms with Gasteiger partial charge in [-0.3, -0.25) is 9.79 Å². The minimum atomic E-state index is 0. The first kappa shape index (κ1) is 25.7. The maximum Gasteiger partial charge on any atom is 0.221 e. The van der Waals surface area contributed by atoms with E-state index in [0.717, 1.165) is 32.0 Å². The lowest BCUT2D eigenvalue weighted by atomic mass is 10.0. The number of aliphatic imine (C=N–C) groups is 1. The summed E-state index contributed by atoms with van der Waals surface area (Å²) in [5.74, 6) is 1.29. The Hall–Kier alpha value is -0.570. The zero-order chi connectivity index (χ0) is 17.7. The van der Waals surface area contributed by atoms with Crippen molar-refractivity contribution in [3.63, 3.8) is 0 Å².